The Morgan fingerprint density at radius 1 is 1.24 bits per heavy atom. The number of nitrogens with two attached hydrogens (primary N) is 1. The number of benzene rings is 1. The van der Waals surface area contributed by atoms with Gasteiger partial charge in [-0.25, -0.2) is 9.59 Å². The van der Waals surface area contributed by atoms with Crippen LogP contribution in [0.2, 0.25) is 0 Å². The Morgan fingerprint density at radius 2 is 1.76 bits per heavy atom. The van der Waals surface area contributed by atoms with Gasteiger partial charge < -0.3 is 9.94 Å². The van der Waals surface area contributed by atoms with E-state index in [9.17, 15) is 14.4 Å². The molecule has 0 fully saturated rings. The van der Waals surface area contributed by atoms with Gasteiger partial charge in [0.15, 0.2) is 0 Å². The smallest absolute Gasteiger partial charge is 0.335 e. The highest BCUT2D eigenvalue weighted by Crippen LogP contribution is 1.96. The lowest BCUT2D eigenvalue weighted by Crippen LogP contribution is -2.12. The molecule has 0 saturated heterocycles. The average molecular weight is 239 g/mol. The van der Waals surface area contributed by atoms with Gasteiger partial charge in [-0.3, -0.25) is 4.79 Å². The minimum atomic E-state index is -0.879. The summed E-state index contributed by atoms with van der Waals surface area (Å²) in [7, 11) is 0. The van der Waals surface area contributed by atoms with Gasteiger partial charge in [0, 0.05) is 0 Å². The van der Waals surface area contributed by atoms with E-state index in [-0.39, 0.29) is 12.2 Å². The van der Waals surface area contributed by atoms with Crippen molar-refractivity contribution in [1.29, 1.82) is 0 Å². The largest absolute Gasteiger partial charge is 0.478 e. The van der Waals surface area contributed by atoms with Gasteiger partial charge in [-0.2, -0.15) is 5.90 Å². The van der Waals surface area contributed by atoms with Crippen LogP contribution in [0.4, 0.5) is 0 Å². The molecule has 0 unspecified atom stereocenters. The normalized spacial score (nSPS) is 8.59. The Hall–Kier alpha value is -2.21. The first kappa shape index (κ1) is 14.8. The van der Waals surface area contributed by atoms with E-state index < -0.39 is 11.9 Å². The number of carbonyl (C=O) groups is 3. The van der Waals surface area contributed by atoms with E-state index in [1.54, 1.807) is 30.3 Å². The number of carbonyl (C=O) groups excluding carboxylic acids is 2. The molecule has 0 aromatic heterocycles. The highest BCUT2D eigenvalue weighted by Gasteiger charge is 2.02. The minimum absolute atomic E-state index is 0.240. The van der Waals surface area contributed by atoms with E-state index in [1.165, 1.54) is 6.92 Å². The molecule has 6 heteroatoms. The summed E-state index contributed by atoms with van der Waals surface area (Å²) in [4.78, 5) is 34.0. The fraction of sp³-hybridized carbons (Fsp3) is 0.182. The van der Waals surface area contributed by atoms with Crippen LogP contribution in [0.1, 0.15) is 23.7 Å². The lowest BCUT2D eigenvalue weighted by Gasteiger charge is -1.89. The number of carboxylic acid groups (broad SMARTS) is 1. The van der Waals surface area contributed by atoms with Gasteiger partial charge in [-0.15, -0.1) is 0 Å². The summed E-state index contributed by atoms with van der Waals surface area (Å²) >= 11 is 0. The quantitative estimate of drug-likeness (QED) is 0.595. The molecular weight excluding hydrogens is 226 g/mol. The molecule has 0 spiro atoms. The van der Waals surface area contributed by atoms with Crippen LogP contribution in [0.25, 0.3) is 0 Å². The summed E-state index contributed by atoms with van der Waals surface area (Å²) in [6.07, 6.45) is -0.240. The lowest BCUT2D eigenvalue weighted by molar-refractivity contribution is -0.146. The van der Waals surface area contributed by atoms with Gasteiger partial charge in [-0.05, 0) is 19.1 Å². The van der Waals surface area contributed by atoms with Crippen molar-refractivity contribution in [2.75, 3.05) is 0 Å². The summed E-state index contributed by atoms with van der Waals surface area (Å²) in [6.45, 7) is 1.29. The van der Waals surface area contributed by atoms with Crippen molar-refractivity contribution < 1.29 is 24.3 Å². The molecule has 3 N–H and O–H groups in total. The van der Waals surface area contributed by atoms with Crippen LogP contribution >= 0.6 is 0 Å². The van der Waals surface area contributed by atoms with Gasteiger partial charge in [0.05, 0.1) is 5.56 Å². The van der Waals surface area contributed by atoms with Gasteiger partial charge in [-0.1, -0.05) is 18.2 Å². The van der Waals surface area contributed by atoms with Gasteiger partial charge in [0.1, 0.15) is 12.2 Å². The van der Waals surface area contributed by atoms with Crippen LogP contribution < -0.4 is 5.90 Å². The standard InChI is InChI=1S/C7H6O2.C4H7NO3/c8-7(9)6-4-2-1-3-5-6;1-3(6)2-4(7)8-5/h1-5H,(H,8,9);2,5H2,1H3. The maximum Gasteiger partial charge on any atom is 0.335 e. The SMILES string of the molecule is CC(=O)CC(=O)ON.O=C(O)c1ccccc1. The van der Waals surface area contributed by atoms with E-state index in [0.717, 1.165) is 0 Å². The third kappa shape index (κ3) is 7.69. The number of hydrogen-bond donors (Lipinski definition) is 2. The molecule has 1 aromatic carbocycles. The van der Waals surface area contributed by atoms with E-state index in [1.807, 2.05) is 0 Å². The first-order valence-corrected chi connectivity index (χ1v) is 4.64. The van der Waals surface area contributed by atoms with Gasteiger partial charge >= 0.3 is 11.9 Å². The van der Waals surface area contributed by atoms with E-state index >= 15 is 0 Å². The second kappa shape index (κ2) is 8.00. The highest BCUT2D eigenvalue weighted by atomic mass is 16.7. The zero-order chi connectivity index (χ0) is 13.3. The summed E-state index contributed by atoms with van der Waals surface area (Å²) in [5.41, 5.74) is 0.331. The maximum absolute atomic E-state index is 10.2. The number of aromatic carboxylic acids is 1. The molecule has 1 rings (SSSR count). The Bertz CT molecular complexity index is 388. The number of carboxylic acids is 1. The maximum atomic E-state index is 10.2. The van der Waals surface area contributed by atoms with Crippen molar-refractivity contribution in [3.63, 3.8) is 0 Å². The molecule has 0 heterocycles. The van der Waals surface area contributed by atoms with E-state index in [4.69, 9.17) is 5.11 Å². The van der Waals surface area contributed by atoms with Crippen molar-refractivity contribution in [1.82, 2.24) is 0 Å². The zero-order valence-corrected chi connectivity index (χ0v) is 9.25. The first-order chi connectivity index (χ1) is 7.97. The molecule has 0 aliphatic heterocycles. The summed E-state index contributed by atoms with van der Waals surface area (Å²) < 4.78 is 0. The fourth-order valence-electron chi connectivity index (χ4n) is 0.826. The summed E-state index contributed by atoms with van der Waals surface area (Å²) in [5.74, 6) is 2.59. The Morgan fingerprint density at radius 3 is 2.00 bits per heavy atom. The number of Topliss-reactive ketones (excluding diaryl/α,β-unsaturated/α-hetero) is 1. The molecule has 0 aliphatic carbocycles. The third-order valence-corrected chi connectivity index (χ3v) is 1.55. The van der Waals surface area contributed by atoms with Gasteiger partial charge in [0.25, 0.3) is 0 Å². The molecule has 0 atom stereocenters. The number of rotatable bonds is 3. The average Bonchev–Trinajstić information content (AvgIpc) is 2.30. The second-order valence-electron chi connectivity index (χ2n) is 3.04. The zero-order valence-electron chi connectivity index (χ0n) is 9.25. The molecule has 0 bridgehead atoms. The monoisotopic (exact) mass is 239 g/mol. The molecule has 92 valence electrons. The van der Waals surface area contributed by atoms with Crippen molar-refractivity contribution in [3.05, 3.63) is 35.9 Å². The van der Waals surface area contributed by atoms with E-state index in [0.29, 0.717) is 5.56 Å². The Kier molecular flexibility index (Phi) is 6.96. The minimum Gasteiger partial charge on any atom is -0.478 e. The van der Waals surface area contributed by atoms with Gasteiger partial charge in [0.2, 0.25) is 0 Å². The molecule has 0 radical (unpaired) electrons. The molecular formula is C11H13NO5. The molecule has 0 aliphatic rings. The Labute approximate surface area is 97.9 Å². The van der Waals surface area contributed by atoms with Crippen LogP contribution in [0, 0.1) is 0 Å². The second-order valence-corrected chi connectivity index (χ2v) is 3.04. The molecule has 6 nitrogen and oxygen atoms in total. The lowest BCUT2D eigenvalue weighted by atomic mass is 10.2. The summed E-state index contributed by atoms with van der Waals surface area (Å²) in [5, 5.41) is 8.38. The molecule has 0 saturated carbocycles. The first-order valence-electron chi connectivity index (χ1n) is 4.64. The topological polar surface area (TPSA) is 107 Å². The van der Waals surface area contributed by atoms with Crippen molar-refractivity contribution >= 4 is 17.7 Å². The Balaban J connectivity index is 0.000000304. The number of hydrogen-bond acceptors (Lipinski definition) is 5. The van der Waals surface area contributed by atoms with Crippen molar-refractivity contribution in [3.8, 4) is 0 Å². The fourth-order valence-corrected chi connectivity index (χ4v) is 0.826. The third-order valence-electron chi connectivity index (χ3n) is 1.55. The highest BCUT2D eigenvalue weighted by molar-refractivity contribution is 5.93. The van der Waals surface area contributed by atoms with Crippen LogP contribution in [0.3, 0.4) is 0 Å². The van der Waals surface area contributed by atoms with Crippen molar-refractivity contribution in [2.45, 2.75) is 13.3 Å². The number of ketones is 1. The van der Waals surface area contributed by atoms with Crippen LogP contribution in [0.15, 0.2) is 30.3 Å². The van der Waals surface area contributed by atoms with Crippen molar-refractivity contribution in [2.24, 2.45) is 5.90 Å². The van der Waals surface area contributed by atoms with Crippen LogP contribution in [0.5, 0.6) is 0 Å². The van der Waals surface area contributed by atoms with Crippen LogP contribution in [-0.4, -0.2) is 22.8 Å². The molecule has 0 amide bonds. The predicted molar refractivity (Wildman–Crippen MR) is 59.0 cm³/mol. The van der Waals surface area contributed by atoms with E-state index in [2.05, 4.69) is 10.7 Å². The molecule has 1 aromatic rings. The van der Waals surface area contributed by atoms with Crippen LogP contribution in [-0.2, 0) is 14.4 Å². The molecule has 17 heavy (non-hydrogen) atoms. The summed E-state index contributed by atoms with van der Waals surface area (Å²) in [6, 6.07) is 8.30. The predicted octanol–water partition coefficient (Wildman–Crippen LogP) is 0.767.